The van der Waals surface area contributed by atoms with E-state index in [1.54, 1.807) is 7.11 Å². The molecule has 1 rings (SSSR count). The summed E-state index contributed by atoms with van der Waals surface area (Å²) >= 11 is 6.16. The maximum atomic E-state index is 6.16. The van der Waals surface area contributed by atoms with Gasteiger partial charge in [-0.25, -0.2) is 0 Å². The zero-order chi connectivity index (χ0) is 15.9. The molecule has 0 unspecified atom stereocenters. The van der Waals surface area contributed by atoms with Crippen LogP contribution in [0.5, 0.6) is 5.75 Å². The van der Waals surface area contributed by atoms with Crippen LogP contribution in [0.4, 0.5) is 0 Å². The maximum absolute atomic E-state index is 6.16. The number of halogens is 1. The molecule has 3 heteroatoms. The second kappa shape index (κ2) is 8.65. The first-order valence-corrected chi connectivity index (χ1v) is 8.37. The Kier molecular flexibility index (Phi) is 7.55. The van der Waals surface area contributed by atoms with E-state index in [1.165, 1.54) is 5.56 Å². The second-order valence-corrected chi connectivity index (χ2v) is 6.80. The molecular formula is C18H30ClNO. The molecule has 0 heterocycles. The number of rotatable bonds is 9. The van der Waals surface area contributed by atoms with Gasteiger partial charge in [0, 0.05) is 11.6 Å². The maximum Gasteiger partial charge on any atom is 0.122 e. The Morgan fingerprint density at radius 3 is 2.43 bits per heavy atom. The molecule has 0 radical (unpaired) electrons. The minimum Gasteiger partial charge on any atom is -0.496 e. The highest BCUT2D eigenvalue weighted by Gasteiger charge is 2.27. The van der Waals surface area contributed by atoms with E-state index in [1.807, 2.05) is 18.2 Å². The van der Waals surface area contributed by atoms with E-state index >= 15 is 0 Å². The molecule has 0 saturated heterocycles. The quantitative estimate of drug-likeness (QED) is 0.697. The highest BCUT2D eigenvalue weighted by atomic mass is 35.5. The highest BCUT2D eigenvalue weighted by Crippen LogP contribution is 2.35. The van der Waals surface area contributed by atoms with E-state index in [0.29, 0.717) is 5.92 Å². The van der Waals surface area contributed by atoms with Gasteiger partial charge in [-0.15, -0.1) is 0 Å². The fourth-order valence-electron chi connectivity index (χ4n) is 2.73. The van der Waals surface area contributed by atoms with Gasteiger partial charge in [-0.2, -0.15) is 0 Å². The van der Waals surface area contributed by atoms with Crippen molar-refractivity contribution in [3.8, 4) is 5.75 Å². The molecule has 0 fully saturated rings. The monoisotopic (exact) mass is 311 g/mol. The van der Waals surface area contributed by atoms with Crippen LogP contribution < -0.4 is 10.1 Å². The SMILES string of the molecule is CCC(CC)(CNCC(C)C)Cc1cc(Cl)ccc1OC. The topological polar surface area (TPSA) is 21.3 Å². The van der Waals surface area contributed by atoms with Crippen LogP contribution in [0, 0.1) is 11.3 Å². The van der Waals surface area contributed by atoms with E-state index in [0.717, 1.165) is 43.1 Å². The lowest BCUT2D eigenvalue weighted by atomic mass is 9.76. The Bertz CT molecular complexity index is 427. The van der Waals surface area contributed by atoms with Gasteiger partial charge in [-0.05, 0) is 60.9 Å². The lowest BCUT2D eigenvalue weighted by Crippen LogP contribution is -2.37. The zero-order valence-corrected chi connectivity index (χ0v) is 14.9. The average molecular weight is 312 g/mol. The summed E-state index contributed by atoms with van der Waals surface area (Å²) in [7, 11) is 1.73. The molecule has 0 aliphatic heterocycles. The van der Waals surface area contributed by atoms with Gasteiger partial charge in [-0.3, -0.25) is 0 Å². The van der Waals surface area contributed by atoms with E-state index in [4.69, 9.17) is 16.3 Å². The second-order valence-electron chi connectivity index (χ2n) is 6.36. The van der Waals surface area contributed by atoms with Gasteiger partial charge < -0.3 is 10.1 Å². The van der Waals surface area contributed by atoms with E-state index < -0.39 is 0 Å². The van der Waals surface area contributed by atoms with Crippen LogP contribution in [0.1, 0.15) is 46.1 Å². The Morgan fingerprint density at radius 2 is 1.90 bits per heavy atom. The van der Waals surface area contributed by atoms with Crippen molar-refractivity contribution >= 4 is 11.6 Å². The molecule has 2 nitrogen and oxygen atoms in total. The molecule has 1 aromatic rings. The molecule has 0 atom stereocenters. The van der Waals surface area contributed by atoms with Crippen molar-refractivity contribution in [1.29, 1.82) is 0 Å². The summed E-state index contributed by atoms with van der Waals surface area (Å²) in [5.74, 6) is 1.62. The third-order valence-corrected chi connectivity index (χ3v) is 4.60. The fraction of sp³-hybridized carbons (Fsp3) is 0.667. The zero-order valence-electron chi connectivity index (χ0n) is 14.1. The number of hydrogen-bond donors (Lipinski definition) is 1. The smallest absolute Gasteiger partial charge is 0.122 e. The lowest BCUT2D eigenvalue weighted by Gasteiger charge is -2.33. The summed E-state index contributed by atoms with van der Waals surface area (Å²) in [6.07, 6.45) is 3.28. The largest absolute Gasteiger partial charge is 0.496 e. The van der Waals surface area contributed by atoms with Gasteiger partial charge in [0.25, 0.3) is 0 Å². The van der Waals surface area contributed by atoms with Crippen molar-refractivity contribution in [3.63, 3.8) is 0 Å². The molecule has 0 aromatic heterocycles. The van der Waals surface area contributed by atoms with Crippen LogP contribution in [-0.2, 0) is 6.42 Å². The molecule has 0 bridgehead atoms. The molecule has 1 N–H and O–H groups in total. The minimum atomic E-state index is 0.257. The molecule has 0 aliphatic carbocycles. The molecular weight excluding hydrogens is 282 g/mol. The molecule has 0 saturated carbocycles. The summed E-state index contributed by atoms with van der Waals surface area (Å²) in [4.78, 5) is 0. The Hall–Kier alpha value is -0.730. The van der Waals surface area contributed by atoms with Gasteiger partial charge in [0.15, 0.2) is 0 Å². The lowest BCUT2D eigenvalue weighted by molar-refractivity contribution is 0.240. The van der Waals surface area contributed by atoms with Crippen molar-refractivity contribution in [2.75, 3.05) is 20.2 Å². The van der Waals surface area contributed by atoms with Crippen LogP contribution in [0.2, 0.25) is 5.02 Å². The first kappa shape index (κ1) is 18.3. The molecule has 0 spiro atoms. The highest BCUT2D eigenvalue weighted by molar-refractivity contribution is 6.30. The number of hydrogen-bond acceptors (Lipinski definition) is 2. The standard InChI is InChI=1S/C18H30ClNO/c1-6-18(7-2,13-20-12-14(3)4)11-15-10-16(19)8-9-17(15)21-5/h8-10,14,20H,6-7,11-13H2,1-5H3. The Morgan fingerprint density at radius 1 is 1.24 bits per heavy atom. The van der Waals surface area contributed by atoms with E-state index in [-0.39, 0.29) is 5.41 Å². The summed E-state index contributed by atoms with van der Waals surface area (Å²) in [6, 6.07) is 5.90. The number of methoxy groups -OCH3 is 1. The summed E-state index contributed by atoms with van der Waals surface area (Å²) in [5.41, 5.74) is 1.47. The van der Waals surface area contributed by atoms with Crippen molar-refractivity contribution in [2.24, 2.45) is 11.3 Å². The van der Waals surface area contributed by atoms with Gasteiger partial charge >= 0.3 is 0 Å². The Labute approximate surface area is 135 Å². The van der Waals surface area contributed by atoms with Gasteiger partial charge in [0.05, 0.1) is 7.11 Å². The van der Waals surface area contributed by atoms with Crippen LogP contribution in [0.25, 0.3) is 0 Å². The Balaban J connectivity index is 2.88. The minimum absolute atomic E-state index is 0.257. The van der Waals surface area contributed by atoms with E-state index in [9.17, 15) is 0 Å². The third-order valence-electron chi connectivity index (χ3n) is 4.36. The van der Waals surface area contributed by atoms with Crippen molar-refractivity contribution in [3.05, 3.63) is 28.8 Å². The van der Waals surface area contributed by atoms with Crippen molar-refractivity contribution in [2.45, 2.75) is 47.0 Å². The van der Waals surface area contributed by atoms with Gasteiger partial charge in [0.2, 0.25) is 0 Å². The number of ether oxygens (including phenoxy) is 1. The normalized spacial score (nSPS) is 12.0. The first-order chi connectivity index (χ1) is 9.96. The predicted molar refractivity (Wildman–Crippen MR) is 92.4 cm³/mol. The first-order valence-electron chi connectivity index (χ1n) is 7.99. The van der Waals surface area contributed by atoms with E-state index in [2.05, 4.69) is 33.0 Å². The van der Waals surface area contributed by atoms with Gasteiger partial charge in [-0.1, -0.05) is 39.3 Å². The molecule has 1 aromatic carbocycles. The van der Waals surface area contributed by atoms with Crippen molar-refractivity contribution in [1.82, 2.24) is 5.32 Å². The number of nitrogens with one attached hydrogen (secondary N) is 1. The molecule has 0 amide bonds. The summed E-state index contributed by atoms with van der Waals surface area (Å²) in [6.45, 7) is 11.1. The molecule has 0 aliphatic rings. The number of benzene rings is 1. The molecule has 120 valence electrons. The summed E-state index contributed by atoms with van der Waals surface area (Å²) in [5, 5.41) is 4.41. The molecule has 21 heavy (non-hydrogen) atoms. The van der Waals surface area contributed by atoms with Gasteiger partial charge in [0.1, 0.15) is 5.75 Å². The average Bonchev–Trinajstić information content (AvgIpc) is 2.46. The van der Waals surface area contributed by atoms with Crippen LogP contribution in [0.15, 0.2) is 18.2 Å². The van der Waals surface area contributed by atoms with Crippen LogP contribution in [0.3, 0.4) is 0 Å². The van der Waals surface area contributed by atoms with Crippen LogP contribution >= 0.6 is 11.6 Å². The van der Waals surface area contributed by atoms with Crippen molar-refractivity contribution < 1.29 is 4.74 Å². The predicted octanol–water partition coefficient (Wildman–Crippen LogP) is 4.94. The summed E-state index contributed by atoms with van der Waals surface area (Å²) < 4.78 is 5.50. The third kappa shape index (κ3) is 5.52. The fourth-order valence-corrected chi connectivity index (χ4v) is 2.92. The van der Waals surface area contributed by atoms with Crippen LogP contribution in [-0.4, -0.2) is 20.2 Å².